The van der Waals surface area contributed by atoms with Gasteiger partial charge in [-0.1, -0.05) is 0 Å². The summed E-state index contributed by atoms with van der Waals surface area (Å²) in [4.78, 5) is 14.7. The van der Waals surface area contributed by atoms with Crippen LogP contribution in [0.1, 0.15) is 10.4 Å². The van der Waals surface area contributed by atoms with Gasteiger partial charge >= 0.3 is 5.97 Å². The van der Waals surface area contributed by atoms with Crippen molar-refractivity contribution in [3.05, 3.63) is 49.9 Å². The average Bonchev–Trinajstić information content (AvgIpc) is 2.36. The lowest BCUT2D eigenvalue weighted by Gasteiger charge is -2.10. The van der Waals surface area contributed by atoms with Crippen LogP contribution in [0.4, 0.5) is 15.9 Å². The Morgan fingerprint density at radius 1 is 1.42 bits per heavy atom. The first-order chi connectivity index (χ1) is 8.99. The smallest absolute Gasteiger partial charge is 0.338 e. The van der Waals surface area contributed by atoms with Crippen LogP contribution in [0.5, 0.6) is 0 Å². The van der Waals surface area contributed by atoms with Gasteiger partial charge in [-0.2, -0.15) is 0 Å². The number of benzene rings is 1. The van der Waals surface area contributed by atoms with Crippen LogP contribution in [0.2, 0.25) is 0 Å². The fraction of sp³-hybridized carbons (Fsp3) is 0. The summed E-state index contributed by atoms with van der Waals surface area (Å²) in [5, 5.41) is 11.6. The van der Waals surface area contributed by atoms with E-state index in [1.807, 2.05) is 12.1 Å². The zero-order chi connectivity index (χ0) is 14.0. The number of carbonyl (C=O) groups is 1. The molecule has 2 rings (SSSR count). The highest BCUT2D eigenvalue weighted by atomic mass is 127. The molecule has 2 aromatic rings. The van der Waals surface area contributed by atoms with Crippen molar-refractivity contribution in [1.29, 1.82) is 0 Å². The topological polar surface area (TPSA) is 62.2 Å². The molecule has 4 nitrogen and oxygen atoms in total. The van der Waals surface area contributed by atoms with Gasteiger partial charge in [0.25, 0.3) is 0 Å². The Hall–Kier alpha value is -1.22. The summed E-state index contributed by atoms with van der Waals surface area (Å²) >= 11 is 5.45. The molecule has 0 atom stereocenters. The molecular formula is C12H7BrFIN2O2. The maximum absolute atomic E-state index is 13.9. The number of nitrogens with zero attached hydrogens (tertiary/aromatic N) is 1. The number of nitrogens with one attached hydrogen (secondary N) is 1. The molecule has 0 spiro atoms. The van der Waals surface area contributed by atoms with Crippen molar-refractivity contribution in [3.8, 4) is 0 Å². The highest BCUT2D eigenvalue weighted by molar-refractivity contribution is 14.1. The molecule has 1 heterocycles. The van der Waals surface area contributed by atoms with Crippen LogP contribution in [-0.4, -0.2) is 16.1 Å². The molecule has 0 saturated carbocycles. The van der Waals surface area contributed by atoms with Gasteiger partial charge in [0.2, 0.25) is 0 Å². The van der Waals surface area contributed by atoms with Crippen molar-refractivity contribution in [2.75, 3.05) is 5.32 Å². The largest absolute Gasteiger partial charge is 0.478 e. The van der Waals surface area contributed by atoms with E-state index in [9.17, 15) is 9.18 Å². The van der Waals surface area contributed by atoms with E-state index in [1.165, 1.54) is 6.20 Å². The fourth-order valence-electron chi connectivity index (χ4n) is 1.42. The lowest BCUT2D eigenvalue weighted by atomic mass is 10.2. The molecule has 1 aromatic carbocycles. The standard InChI is InChI=1S/C12H7BrFIN2O2/c13-8-2-1-6(15)5-9(8)17-11-10(14)7(12(18)19)3-4-16-11/h1-5H,(H,16,17)(H,18,19). The van der Waals surface area contributed by atoms with Gasteiger partial charge in [-0.15, -0.1) is 0 Å². The fourth-order valence-corrected chi connectivity index (χ4v) is 2.25. The van der Waals surface area contributed by atoms with E-state index in [0.717, 1.165) is 14.1 Å². The average molecular weight is 437 g/mol. The number of hydrogen-bond acceptors (Lipinski definition) is 3. The van der Waals surface area contributed by atoms with Crippen LogP contribution in [0, 0.1) is 9.39 Å². The molecule has 98 valence electrons. The van der Waals surface area contributed by atoms with Crippen molar-refractivity contribution in [3.63, 3.8) is 0 Å². The number of carboxylic acid groups (broad SMARTS) is 1. The minimum Gasteiger partial charge on any atom is -0.478 e. The summed E-state index contributed by atoms with van der Waals surface area (Å²) in [6.07, 6.45) is 1.25. The van der Waals surface area contributed by atoms with Gasteiger partial charge in [0.15, 0.2) is 11.6 Å². The SMILES string of the molecule is O=C(O)c1ccnc(Nc2cc(I)ccc2Br)c1F. The predicted octanol–water partition coefficient (Wildman–Crippen LogP) is 4.03. The minimum atomic E-state index is -1.33. The van der Waals surface area contributed by atoms with E-state index in [1.54, 1.807) is 6.07 Å². The molecule has 0 saturated heterocycles. The Bertz CT molecular complexity index is 652. The van der Waals surface area contributed by atoms with Gasteiger partial charge in [0, 0.05) is 14.2 Å². The van der Waals surface area contributed by atoms with Crippen LogP contribution in [0.3, 0.4) is 0 Å². The van der Waals surface area contributed by atoms with Gasteiger partial charge in [0.05, 0.1) is 5.69 Å². The Labute approximate surface area is 130 Å². The quantitative estimate of drug-likeness (QED) is 0.713. The minimum absolute atomic E-state index is 0.123. The Morgan fingerprint density at radius 3 is 2.84 bits per heavy atom. The van der Waals surface area contributed by atoms with Gasteiger partial charge in [-0.3, -0.25) is 0 Å². The summed E-state index contributed by atoms with van der Waals surface area (Å²) in [5.41, 5.74) is 0.195. The number of aromatic nitrogens is 1. The van der Waals surface area contributed by atoms with E-state index in [2.05, 4.69) is 48.8 Å². The first-order valence-electron chi connectivity index (χ1n) is 5.09. The molecule has 0 amide bonds. The lowest BCUT2D eigenvalue weighted by molar-refractivity contribution is 0.0692. The number of halogens is 3. The molecular weight excluding hydrogens is 430 g/mol. The zero-order valence-corrected chi connectivity index (χ0v) is 13.1. The maximum Gasteiger partial charge on any atom is 0.338 e. The van der Waals surface area contributed by atoms with E-state index < -0.39 is 17.3 Å². The normalized spacial score (nSPS) is 10.3. The first kappa shape index (κ1) is 14.2. The number of anilines is 2. The van der Waals surface area contributed by atoms with Crippen LogP contribution in [0.15, 0.2) is 34.9 Å². The summed E-state index contributed by atoms with van der Waals surface area (Å²) in [5.74, 6) is -2.34. The predicted molar refractivity (Wildman–Crippen MR) is 81.3 cm³/mol. The van der Waals surface area contributed by atoms with E-state index in [0.29, 0.717) is 5.69 Å². The Kier molecular flexibility index (Phi) is 4.35. The maximum atomic E-state index is 13.9. The third-order valence-electron chi connectivity index (χ3n) is 2.30. The van der Waals surface area contributed by atoms with Gasteiger partial charge < -0.3 is 10.4 Å². The molecule has 7 heteroatoms. The number of carboxylic acids is 1. The molecule has 0 aliphatic carbocycles. The number of aromatic carboxylic acids is 1. The van der Waals surface area contributed by atoms with E-state index in [4.69, 9.17) is 5.11 Å². The van der Waals surface area contributed by atoms with Crippen molar-refractivity contribution in [1.82, 2.24) is 4.98 Å². The van der Waals surface area contributed by atoms with Gasteiger partial charge in [-0.25, -0.2) is 14.2 Å². The van der Waals surface area contributed by atoms with E-state index in [-0.39, 0.29) is 5.82 Å². The summed E-state index contributed by atoms with van der Waals surface area (Å²) in [6, 6.07) is 6.60. The highest BCUT2D eigenvalue weighted by Crippen LogP contribution is 2.28. The van der Waals surface area contributed by atoms with Gasteiger partial charge in [-0.05, 0) is 62.8 Å². The number of hydrogen-bond donors (Lipinski definition) is 2. The highest BCUT2D eigenvalue weighted by Gasteiger charge is 2.15. The molecule has 0 aliphatic heterocycles. The first-order valence-corrected chi connectivity index (χ1v) is 6.96. The zero-order valence-electron chi connectivity index (χ0n) is 9.32. The second-order valence-electron chi connectivity index (χ2n) is 3.58. The molecule has 2 N–H and O–H groups in total. The van der Waals surface area contributed by atoms with E-state index >= 15 is 0 Å². The second-order valence-corrected chi connectivity index (χ2v) is 5.68. The molecule has 0 fully saturated rings. The summed E-state index contributed by atoms with van der Waals surface area (Å²) < 4.78 is 15.6. The second kappa shape index (κ2) is 5.83. The number of rotatable bonds is 3. The summed E-state index contributed by atoms with van der Waals surface area (Å²) in [7, 11) is 0. The van der Waals surface area contributed by atoms with Crippen LogP contribution in [-0.2, 0) is 0 Å². The van der Waals surface area contributed by atoms with Gasteiger partial charge in [0.1, 0.15) is 5.56 Å². The van der Waals surface area contributed by atoms with Crippen molar-refractivity contribution in [2.45, 2.75) is 0 Å². The van der Waals surface area contributed by atoms with Crippen LogP contribution < -0.4 is 5.32 Å². The van der Waals surface area contributed by atoms with Crippen molar-refractivity contribution >= 4 is 56.0 Å². The number of pyridine rings is 1. The monoisotopic (exact) mass is 436 g/mol. The summed E-state index contributed by atoms with van der Waals surface area (Å²) in [6.45, 7) is 0. The molecule has 1 aromatic heterocycles. The van der Waals surface area contributed by atoms with Crippen LogP contribution in [0.25, 0.3) is 0 Å². The molecule has 19 heavy (non-hydrogen) atoms. The molecule has 0 aliphatic rings. The third-order valence-corrected chi connectivity index (χ3v) is 3.66. The lowest BCUT2D eigenvalue weighted by Crippen LogP contribution is -2.05. The van der Waals surface area contributed by atoms with Crippen molar-refractivity contribution in [2.24, 2.45) is 0 Å². The Morgan fingerprint density at radius 2 is 2.16 bits per heavy atom. The Balaban J connectivity index is 2.41. The van der Waals surface area contributed by atoms with Crippen LogP contribution >= 0.6 is 38.5 Å². The third kappa shape index (κ3) is 3.21. The molecule has 0 bridgehead atoms. The molecule has 0 unspecified atom stereocenters. The molecule has 0 radical (unpaired) electrons. The van der Waals surface area contributed by atoms with Crippen molar-refractivity contribution < 1.29 is 14.3 Å².